The van der Waals surface area contributed by atoms with Crippen LogP contribution in [0.3, 0.4) is 0 Å². The van der Waals surface area contributed by atoms with Crippen LogP contribution in [0.5, 0.6) is 0 Å². The monoisotopic (exact) mass is 225 g/mol. The number of rotatable bonds is 1. The third-order valence-electron chi connectivity index (χ3n) is 0.129. The maximum absolute atomic E-state index is 9.12. The summed E-state index contributed by atoms with van der Waals surface area (Å²) in [6.45, 7) is 0. The van der Waals surface area contributed by atoms with Gasteiger partial charge in [-0.05, 0) is 0 Å². The normalized spacial score (nSPS) is 10.1. The Balaban J connectivity index is 0. The van der Waals surface area contributed by atoms with Crippen LogP contribution in [0.1, 0.15) is 0 Å². The number of hydrogen-bond donors (Lipinski definition) is 1. The van der Waals surface area contributed by atoms with Gasteiger partial charge >= 0.3 is 27.3 Å². The summed E-state index contributed by atoms with van der Waals surface area (Å²) < 4.78 is 12.0. The van der Waals surface area contributed by atoms with Crippen LogP contribution in [0, 0.1) is 0 Å². The van der Waals surface area contributed by atoms with E-state index in [1.54, 1.807) is 0 Å². The van der Waals surface area contributed by atoms with Crippen molar-refractivity contribution in [3.63, 3.8) is 0 Å². The summed E-state index contributed by atoms with van der Waals surface area (Å²) >= 11 is 0. The van der Waals surface area contributed by atoms with Gasteiger partial charge in [0.15, 0.2) is 0 Å². The molecule has 7 heteroatoms. The SMILES string of the molecule is NOP(=O)([O-])[O-].[Cd+2]. The molecule has 0 rings (SSSR count). The minimum atomic E-state index is -4.87. The van der Waals surface area contributed by atoms with Crippen LogP contribution in [0.4, 0.5) is 0 Å². The van der Waals surface area contributed by atoms with Gasteiger partial charge in [-0.25, -0.2) is 5.90 Å². The predicted molar refractivity (Wildman–Crippen MR) is 12.9 cm³/mol. The van der Waals surface area contributed by atoms with Crippen molar-refractivity contribution >= 4 is 7.82 Å². The zero-order valence-corrected chi connectivity index (χ0v) is 8.30. The Hall–Kier alpha value is 0.992. The average molecular weight is 223 g/mol. The Morgan fingerprint density at radius 1 is 1.57 bits per heavy atom. The predicted octanol–water partition coefficient (Wildman–Crippen LogP) is -2.30. The molecule has 0 saturated carbocycles. The number of phosphoric acid groups is 1. The summed E-state index contributed by atoms with van der Waals surface area (Å²) in [7, 11) is -4.87. The Morgan fingerprint density at radius 3 is 1.71 bits per heavy atom. The van der Waals surface area contributed by atoms with E-state index in [-0.39, 0.29) is 27.3 Å². The van der Waals surface area contributed by atoms with E-state index in [0.29, 0.717) is 0 Å². The smallest absolute Gasteiger partial charge is 0.788 e. The molecule has 0 amide bonds. The molecule has 0 aromatic heterocycles. The van der Waals surface area contributed by atoms with Crippen molar-refractivity contribution in [1.29, 1.82) is 0 Å². The third kappa shape index (κ3) is 10.9. The molecule has 0 saturated heterocycles. The molecule has 38 valence electrons. The topological polar surface area (TPSA) is 98.4 Å². The molecule has 0 spiro atoms. The number of hydrogen-bond acceptors (Lipinski definition) is 5. The molecule has 0 fully saturated rings. The Morgan fingerprint density at radius 2 is 1.71 bits per heavy atom. The van der Waals surface area contributed by atoms with E-state index in [0.717, 1.165) is 0 Å². The second-order valence-corrected chi connectivity index (χ2v) is 1.66. The van der Waals surface area contributed by atoms with Gasteiger partial charge in [-0.3, -0.25) is 4.62 Å². The van der Waals surface area contributed by atoms with Gasteiger partial charge in [-0.2, -0.15) is 0 Å². The molecule has 0 unspecified atom stereocenters. The molecule has 0 aliphatic heterocycles. The zero-order valence-electron chi connectivity index (χ0n) is 3.36. The molecule has 2 N–H and O–H groups in total. The van der Waals surface area contributed by atoms with Crippen molar-refractivity contribution < 1.29 is 46.3 Å². The van der Waals surface area contributed by atoms with Gasteiger partial charge in [-0.1, -0.05) is 0 Å². The molecule has 0 radical (unpaired) electrons. The summed E-state index contributed by atoms with van der Waals surface area (Å²) in [5, 5.41) is 0. The van der Waals surface area contributed by atoms with Crippen molar-refractivity contribution in [1.82, 2.24) is 0 Å². The Labute approximate surface area is 60.2 Å². The maximum Gasteiger partial charge on any atom is 2.00 e. The van der Waals surface area contributed by atoms with Gasteiger partial charge in [0.2, 0.25) is 0 Å². The van der Waals surface area contributed by atoms with Crippen LogP contribution in [0.15, 0.2) is 0 Å². The molecular weight excluding hydrogens is 221 g/mol. The quantitative estimate of drug-likeness (QED) is 0.306. The first kappa shape index (κ1) is 10.9. The fourth-order valence-electron chi connectivity index (χ4n) is 0. The van der Waals surface area contributed by atoms with Crippen LogP contribution in [-0.4, -0.2) is 0 Å². The molecule has 0 aliphatic rings. The summed E-state index contributed by atoms with van der Waals surface area (Å²) in [5.41, 5.74) is 0. The zero-order chi connectivity index (χ0) is 5.21. The number of nitrogens with two attached hydrogens (primary N) is 1. The van der Waals surface area contributed by atoms with Crippen LogP contribution >= 0.6 is 7.82 Å². The molecular formula is H2CdNO4P. The molecule has 7 heavy (non-hydrogen) atoms. The summed E-state index contributed by atoms with van der Waals surface area (Å²) in [6, 6.07) is 0. The van der Waals surface area contributed by atoms with Gasteiger partial charge in [0.25, 0.3) is 0 Å². The van der Waals surface area contributed by atoms with Gasteiger partial charge in [0.1, 0.15) is 0 Å². The molecule has 0 bridgehead atoms. The summed E-state index contributed by atoms with van der Waals surface area (Å²) in [6.07, 6.45) is 0. The standard InChI is InChI=1S/Cd.H4NO4P/c;1-5-6(2,3)4/h;1H2,(H2,2,3,4)/q+2;/p-2. The van der Waals surface area contributed by atoms with Gasteiger partial charge in [0.05, 0.1) is 7.82 Å². The van der Waals surface area contributed by atoms with E-state index in [4.69, 9.17) is 14.4 Å². The molecule has 0 aliphatic carbocycles. The van der Waals surface area contributed by atoms with Gasteiger partial charge in [-0.15, -0.1) is 0 Å². The van der Waals surface area contributed by atoms with Crippen molar-refractivity contribution in [2.24, 2.45) is 5.90 Å². The largest absolute Gasteiger partial charge is 2.00 e. The first-order valence-corrected chi connectivity index (χ1v) is 2.43. The second-order valence-electron chi connectivity index (χ2n) is 0.553. The minimum absolute atomic E-state index is 0. The third-order valence-corrected chi connectivity index (χ3v) is 0.387. The van der Waals surface area contributed by atoms with E-state index in [1.807, 2.05) is 0 Å². The van der Waals surface area contributed by atoms with Crippen molar-refractivity contribution in [3.05, 3.63) is 0 Å². The molecule has 0 atom stereocenters. The van der Waals surface area contributed by atoms with E-state index >= 15 is 0 Å². The first-order valence-electron chi connectivity index (χ1n) is 0.966. The van der Waals surface area contributed by atoms with Crippen molar-refractivity contribution in [3.8, 4) is 0 Å². The molecule has 0 heterocycles. The summed E-state index contributed by atoms with van der Waals surface area (Å²) in [4.78, 5) is 18.2. The second kappa shape index (κ2) is 3.93. The van der Waals surface area contributed by atoms with E-state index in [2.05, 4.69) is 10.5 Å². The molecule has 5 nitrogen and oxygen atoms in total. The van der Waals surface area contributed by atoms with E-state index < -0.39 is 7.82 Å². The fourth-order valence-corrected chi connectivity index (χ4v) is 0. The fraction of sp³-hybridized carbons (Fsp3) is 0. The van der Waals surface area contributed by atoms with Crippen LogP contribution in [0.2, 0.25) is 0 Å². The summed E-state index contributed by atoms with van der Waals surface area (Å²) in [5.74, 6) is 3.92. The minimum Gasteiger partial charge on any atom is -0.788 e. The van der Waals surface area contributed by atoms with Gasteiger partial charge in [0, 0.05) is 0 Å². The van der Waals surface area contributed by atoms with E-state index in [1.165, 1.54) is 0 Å². The van der Waals surface area contributed by atoms with Crippen molar-refractivity contribution in [2.75, 3.05) is 0 Å². The van der Waals surface area contributed by atoms with Crippen LogP contribution in [-0.2, 0) is 36.5 Å². The van der Waals surface area contributed by atoms with Gasteiger partial charge < -0.3 is 14.4 Å². The van der Waals surface area contributed by atoms with Crippen molar-refractivity contribution in [2.45, 2.75) is 0 Å². The van der Waals surface area contributed by atoms with E-state index in [9.17, 15) is 0 Å². The van der Waals surface area contributed by atoms with Crippen LogP contribution in [0.25, 0.3) is 0 Å². The average Bonchev–Trinajstić information content (AvgIpc) is 1.35. The Bertz CT molecular complexity index is 75.8. The maximum atomic E-state index is 9.12. The molecule has 0 aromatic rings. The Kier molecular flexibility index (Phi) is 6.11. The first-order chi connectivity index (χ1) is 2.56. The molecule has 0 aromatic carbocycles. The van der Waals surface area contributed by atoms with Crippen LogP contribution < -0.4 is 15.7 Å².